The van der Waals surface area contributed by atoms with Gasteiger partial charge in [-0.25, -0.2) is 4.39 Å². The van der Waals surface area contributed by atoms with E-state index in [9.17, 15) is 14.0 Å². The number of benzene rings is 2. The van der Waals surface area contributed by atoms with Gasteiger partial charge in [0.25, 0.3) is 5.91 Å². The SMILES string of the molecule is C[C@H]1C(=O)N(c2cccc(F)c2)CCN1C(=O)c1ccc(Cl)cc1Cl. The van der Waals surface area contributed by atoms with Crippen LogP contribution in [0.15, 0.2) is 42.5 Å². The van der Waals surface area contributed by atoms with Gasteiger partial charge in [-0.2, -0.15) is 0 Å². The Bertz CT molecular complexity index is 844. The van der Waals surface area contributed by atoms with Gasteiger partial charge in [0.1, 0.15) is 11.9 Å². The molecular weight excluding hydrogens is 366 g/mol. The van der Waals surface area contributed by atoms with Crippen LogP contribution in [0.5, 0.6) is 0 Å². The Morgan fingerprint density at radius 1 is 1.16 bits per heavy atom. The first-order chi connectivity index (χ1) is 11.9. The summed E-state index contributed by atoms with van der Waals surface area (Å²) in [6, 6.07) is 9.77. The predicted molar refractivity (Wildman–Crippen MR) is 95.7 cm³/mol. The number of carbonyl (C=O) groups is 2. The Morgan fingerprint density at radius 3 is 2.60 bits per heavy atom. The molecule has 1 heterocycles. The number of carbonyl (C=O) groups excluding carboxylic acids is 2. The lowest BCUT2D eigenvalue weighted by molar-refractivity contribution is -0.124. The van der Waals surface area contributed by atoms with Crippen LogP contribution in [0.4, 0.5) is 10.1 Å². The molecule has 2 amide bonds. The lowest BCUT2D eigenvalue weighted by Crippen LogP contribution is -2.57. The number of halogens is 3. The maximum absolute atomic E-state index is 13.4. The molecule has 1 aliphatic heterocycles. The third kappa shape index (κ3) is 3.48. The molecule has 2 aromatic rings. The van der Waals surface area contributed by atoms with Crippen LogP contribution in [-0.2, 0) is 4.79 Å². The molecule has 0 bridgehead atoms. The second-order valence-electron chi connectivity index (χ2n) is 5.77. The Morgan fingerprint density at radius 2 is 1.92 bits per heavy atom. The molecule has 7 heteroatoms. The second kappa shape index (κ2) is 7.02. The Kier molecular flexibility index (Phi) is 4.97. The molecule has 0 aromatic heterocycles. The zero-order valence-corrected chi connectivity index (χ0v) is 14.9. The normalized spacial score (nSPS) is 17.8. The molecular formula is C18H15Cl2FN2O2. The van der Waals surface area contributed by atoms with E-state index in [2.05, 4.69) is 0 Å². The maximum Gasteiger partial charge on any atom is 0.256 e. The fourth-order valence-electron chi connectivity index (χ4n) is 2.87. The molecule has 1 atom stereocenters. The fraction of sp³-hybridized carbons (Fsp3) is 0.222. The second-order valence-corrected chi connectivity index (χ2v) is 6.61. The van der Waals surface area contributed by atoms with Gasteiger partial charge in [-0.15, -0.1) is 0 Å². The number of rotatable bonds is 2. The van der Waals surface area contributed by atoms with Gasteiger partial charge in [-0.1, -0.05) is 29.3 Å². The molecule has 1 fully saturated rings. The van der Waals surface area contributed by atoms with Crippen molar-refractivity contribution in [3.63, 3.8) is 0 Å². The van der Waals surface area contributed by atoms with Gasteiger partial charge >= 0.3 is 0 Å². The van der Waals surface area contributed by atoms with E-state index in [0.29, 0.717) is 22.8 Å². The zero-order chi connectivity index (χ0) is 18.1. The van der Waals surface area contributed by atoms with Crippen molar-refractivity contribution in [2.45, 2.75) is 13.0 Å². The minimum atomic E-state index is -0.684. The lowest BCUT2D eigenvalue weighted by atomic mass is 10.1. The van der Waals surface area contributed by atoms with Crippen molar-refractivity contribution in [3.8, 4) is 0 Å². The molecule has 2 aromatic carbocycles. The summed E-state index contributed by atoms with van der Waals surface area (Å²) < 4.78 is 13.4. The molecule has 0 unspecified atom stereocenters. The molecule has 0 saturated carbocycles. The predicted octanol–water partition coefficient (Wildman–Crippen LogP) is 4.01. The molecule has 0 aliphatic carbocycles. The summed E-state index contributed by atoms with van der Waals surface area (Å²) in [5.74, 6) is -1.01. The quantitative estimate of drug-likeness (QED) is 0.789. The average molecular weight is 381 g/mol. The molecule has 0 radical (unpaired) electrons. The first-order valence-electron chi connectivity index (χ1n) is 7.71. The van der Waals surface area contributed by atoms with Gasteiger partial charge in [-0.05, 0) is 43.3 Å². The molecule has 0 spiro atoms. The van der Waals surface area contributed by atoms with Gasteiger partial charge in [0.15, 0.2) is 0 Å². The smallest absolute Gasteiger partial charge is 0.256 e. The number of hydrogen-bond donors (Lipinski definition) is 0. The Labute approximate surface area is 154 Å². The molecule has 25 heavy (non-hydrogen) atoms. The van der Waals surface area contributed by atoms with Crippen molar-refractivity contribution < 1.29 is 14.0 Å². The minimum Gasteiger partial charge on any atom is -0.325 e. The van der Waals surface area contributed by atoms with E-state index in [4.69, 9.17) is 23.2 Å². The van der Waals surface area contributed by atoms with Crippen LogP contribution >= 0.6 is 23.2 Å². The Balaban J connectivity index is 1.83. The molecule has 3 rings (SSSR count). The van der Waals surface area contributed by atoms with Crippen molar-refractivity contribution >= 4 is 40.7 Å². The summed E-state index contributed by atoms with van der Waals surface area (Å²) in [5, 5.41) is 0.673. The fourth-order valence-corrected chi connectivity index (χ4v) is 3.36. The first kappa shape index (κ1) is 17.7. The highest BCUT2D eigenvalue weighted by Crippen LogP contribution is 2.26. The van der Waals surface area contributed by atoms with Crippen molar-refractivity contribution in [3.05, 3.63) is 63.9 Å². The first-order valence-corrected chi connectivity index (χ1v) is 8.47. The van der Waals surface area contributed by atoms with E-state index in [0.717, 1.165) is 0 Å². The number of hydrogen-bond acceptors (Lipinski definition) is 2. The van der Waals surface area contributed by atoms with Gasteiger partial charge in [0.05, 0.1) is 10.6 Å². The van der Waals surface area contributed by atoms with Crippen molar-refractivity contribution in [1.82, 2.24) is 4.90 Å². The van der Waals surface area contributed by atoms with Gasteiger partial charge in [0, 0.05) is 23.8 Å². The van der Waals surface area contributed by atoms with E-state index in [-0.39, 0.29) is 23.4 Å². The highest BCUT2D eigenvalue weighted by molar-refractivity contribution is 6.36. The largest absolute Gasteiger partial charge is 0.325 e. The van der Waals surface area contributed by atoms with E-state index >= 15 is 0 Å². The molecule has 130 valence electrons. The summed E-state index contributed by atoms with van der Waals surface area (Å²) in [7, 11) is 0. The third-order valence-electron chi connectivity index (χ3n) is 4.20. The minimum absolute atomic E-state index is 0.240. The van der Waals surface area contributed by atoms with Gasteiger partial charge < -0.3 is 9.80 Å². The van der Waals surface area contributed by atoms with Gasteiger partial charge in [0.2, 0.25) is 5.91 Å². The summed E-state index contributed by atoms with van der Waals surface area (Å²) in [6.45, 7) is 2.25. The monoisotopic (exact) mass is 380 g/mol. The lowest BCUT2D eigenvalue weighted by Gasteiger charge is -2.39. The van der Waals surface area contributed by atoms with Crippen LogP contribution in [0.3, 0.4) is 0 Å². The van der Waals surface area contributed by atoms with E-state index in [1.165, 1.54) is 28.0 Å². The van der Waals surface area contributed by atoms with Gasteiger partial charge in [-0.3, -0.25) is 9.59 Å². The number of nitrogens with zero attached hydrogens (tertiary/aromatic N) is 2. The van der Waals surface area contributed by atoms with Crippen LogP contribution in [0.2, 0.25) is 10.0 Å². The van der Waals surface area contributed by atoms with E-state index < -0.39 is 11.9 Å². The number of anilines is 1. The highest BCUT2D eigenvalue weighted by Gasteiger charge is 2.36. The molecule has 0 N–H and O–H groups in total. The van der Waals surface area contributed by atoms with Crippen LogP contribution in [-0.4, -0.2) is 35.8 Å². The standard InChI is InChI=1S/C18H15Cl2FN2O2/c1-11-17(24)23(14-4-2-3-13(21)10-14)8-7-22(11)18(25)15-6-5-12(19)9-16(15)20/h2-6,9-11H,7-8H2,1H3/t11-/m0/s1. The van der Waals surface area contributed by atoms with Crippen LogP contribution in [0.25, 0.3) is 0 Å². The molecule has 4 nitrogen and oxygen atoms in total. The van der Waals surface area contributed by atoms with Crippen LogP contribution in [0.1, 0.15) is 17.3 Å². The summed E-state index contributed by atoms with van der Waals surface area (Å²) in [4.78, 5) is 28.4. The highest BCUT2D eigenvalue weighted by atomic mass is 35.5. The third-order valence-corrected chi connectivity index (χ3v) is 4.75. The summed E-state index contributed by atoms with van der Waals surface area (Å²) in [6.07, 6.45) is 0. The molecule has 1 saturated heterocycles. The van der Waals surface area contributed by atoms with Crippen LogP contribution < -0.4 is 4.90 Å². The van der Waals surface area contributed by atoms with E-state index in [1.807, 2.05) is 0 Å². The van der Waals surface area contributed by atoms with Crippen molar-refractivity contribution in [2.75, 3.05) is 18.0 Å². The number of piperazine rings is 1. The summed E-state index contributed by atoms with van der Waals surface area (Å²) >= 11 is 12.0. The average Bonchev–Trinajstić information content (AvgIpc) is 2.56. The molecule has 1 aliphatic rings. The Hall–Kier alpha value is -2.11. The van der Waals surface area contributed by atoms with Crippen molar-refractivity contribution in [2.24, 2.45) is 0 Å². The number of amides is 2. The van der Waals surface area contributed by atoms with E-state index in [1.54, 1.807) is 31.2 Å². The van der Waals surface area contributed by atoms with Crippen LogP contribution in [0, 0.1) is 5.82 Å². The van der Waals surface area contributed by atoms with Crippen molar-refractivity contribution in [1.29, 1.82) is 0 Å². The topological polar surface area (TPSA) is 40.6 Å². The summed E-state index contributed by atoms with van der Waals surface area (Å²) in [5.41, 5.74) is 0.776. The zero-order valence-electron chi connectivity index (χ0n) is 13.4. The maximum atomic E-state index is 13.4.